The molecule has 0 radical (unpaired) electrons. The highest BCUT2D eigenvalue weighted by atomic mass is 32.1. The minimum atomic E-state index is -0.327. The van der Waals surface area contributed by atoms with Crippen molar-refractivity contribution in [2.45, 2.75) is 52.6 Å². The Morgan fingerprint density at radius 1 is 1.27 bits per heavy atom. The number of anilines is 1. The smallest absolute Gasteiger partial charge is 0.266 e. The molecule has 4 rings (SSSR count). The molecule has 1 unspecified atom stereocenters. The first-order valence-corrected chi connectivity index (χ1v) is 12.0. The number of benzene rings is 1. The van der Waals surface area contributed by atoms with Crippen LogP contribution in [0.1, 0.15) is 48.3 Å². The Morgan fingerprint density at radius 2 is 2.06 bits per heavy atom. The Hall–Kier alpha value is -3.20. The van der Waals surface area contributed by atoms with E-state index in [4.69, 9.17) is 4.74 Å². The fourth-order valence-electron chi connectivity index (χ4n) is 4.22. The summed E-state index contributed by atoms with van der Waals surface area (Å²) in [4.78, 5) is 46.2. The lowest BCUT2D eigenvalue weighted by molar-refractivity contribution is -0.135. The number of carbonyl (C=O) groups excluding carboxylic acids is 2. The molecule has 1 fully saturated rings. The van der Waals surface area contributed by atoms with E-state index in [-0.39, 0.29) is 30.0 Å². The number of fused-ring (bicyclic) bond motifs is 1. The van der Waals surface area contributed by atoms with Crippen molar-refractivity contribution in [1.29, 1.82) is 0 Å². The average Bonchev–Trinajstić information content (AvgIpc) is 3.14. The third kappa shape index (κ3) is 4.64. The highest BCUT2D eigenvalue weighted by Gasteiger charge is 2.25. The summed E-state index contributed by atoms with van der Waals surface area (Å²) in [6, 6.07) is 7.39. The zero-order chi connectivity index (χ0) is 23.5. The average molecular weight is 469 g/mol. The molecule has 1 aliphatic rings. The number of thiophene rings is 1. The van der Waals surface area contributed by atoms with Gasteiger partial charge in [-0.25, -0.2) is 4.98 Å². The van der Waals surface area contributed by atoms with E-state index < -0.39 is 0 Å². The standard InChI is InChI=1S/C24H28N4O4S/c1-4-32-18-11-6-5-10-17(18)26-22(30)21-16(3)20-23(33-21)25-14-27(24(20)31)13-19(29)28-12-8-7-9-15(28)2/h5-6,10-11,14-15H,4,7-9,12-13H2,1-3H3,(H,26,30). The number of hydrogen-bond donors (Lipinski definition) is 1. The lowest BCUT2D eigenvalue weighted by Gasteiger charge is -2.33. The van der Waals surface area contributed by atoms with E-state index in [9.17, 15) is 14.4 Å². The summed E-state index contributed by atoms with van der Waals surface area (Å²) in [5, 5.41) is 3.26. The molecule has 1 aromatic carbocycles. The van der Waals surface area contributed by atoms with Crippen molar-refractivity contribution < 1.29 is 14.3 Å². The number of para-hydroxylation sites is 2. The van der Waals surface area contributed by atoms with Gasteiger partial charge in [0.05, 0.1) is 28.9 Å². The van der Waals surface area contributed by atoms with Crippen LogP contribution in [0.25, 0.3) is 10.2 Å². The Labute approximate surface area is 196 Å². The Kier molecular flexibility index (Phi) is 6.78. The van der Waals surface area contributed by atoms with Gasteiger partial charge >= 0.3 is 0 Å². The van der Waals surface area contributed by atoms with E-state index in [1.165, 1.54) is 22.2 Å². The van der Waals surface area contributed by atoms with Crippen LogP contribution in [0.3, 0.4) is 0 Å². The number of aryl methyl sites for hydroxylation is 1. The van der Waals surface area contributed by atoms with Crippen molar-refractivity contribution in [2.75, 3.05) is 18.5 Å². The van der Waals surface area contributed by atoms with Gasteiger partial charge in [0.2, 0.25) is 5.91 Å². The second-order valence-corrected chi connectivity index (χ2v) is 9.23. The lowest BCUT2D eigenvalue weighted by Crippen LogP contribution is -2.44. The van der Waals surface area contributed by atoms with Gasteiger partial charge < -0.3 is 15.0 Å². The molecule has 8 nitrogen and oxygen atoms in total. The molecular formula is C24H28N4O4S. The number of likely N-dealkylation sites (tertiary alicyclic amines) is 1. The molecule has 3 heterocycles. The van der Waals surface area contributed by atoms with E-state index >= 15 is 0 Å². The normalized spacial score (nSPS) is 16.1. The van der Waals surface area contributed by atoms with E-state index in [0.29, 0.717) is 38.7 Å². The van der Waals surface area contributed by atoms with Crippen LogP contribution in [-0.2, 0) is 11.3 Å². The first-order valence-electron chi connectivity index (χ1n) is 11.2. The second kappa shape index (κ2) is 9.74. The molecule has 0 saturated carbocycles. The quantitative estimate of drug-likeness (QED) is 0.594. The predicted molar refractivity (Wildman–Crippen MR) is 129 cm³/mol. The summed E-state index contributed by atoms with van der Waals surface area (Å²) < 4.78 is 6.92. The minimum Gasteiger partial charge on any atom is -0.492 e. The topological polar surface area (TPSA) is 93.5 Å². The molecule has 1 N–H and O–H groups in total. The van der Waals surface area contributed by atoms with Crippen LogP contribution in [0, 0.1) is 6.92 Å². The van der Waals surface area contributed by atoms with Gasteiger partial charge in [0.15, 0.2) is 0 Å². The molecule has 174 valence electrons. The van der Waals surface area contributed by atoms with Gasteiger partial charge in [-0.1, -0.05) is 12.1 Å². The van der Waals surface area contributed by atoms with E-state index in [0.717, 1.165) is 25.8 Å². The van der Waals surface area contributed by atoms with Crippen LogP contribution < -0.4 is 15.6 Å². The largest absolute Gasteiger partial charge is 0.492 e. The zero-order valence-electron chi connectivity index (χ0n) is 19.1. The molecule has 3 aromatic rings. The zero-order valence-corrected chi connectivity index (χ0v) is 19.9. The van der Waals surface area contributed by atoms with Gasteiger partial charge in [-0.3, -0.25) is 19.0 Å². The van der Waals surface area contributed by atoms with E-state index in [1.807, 2.05) is 30.9 Å². The van der Waals surface area contributed by atoms with Crippen LogP contribution in [0.5, 0.6) is 5.75 Å². The summed E-state index contributed by atoms with van der Waals surface area (Å²) in [5.74, 6) is 0.175. The summed E-state index contributed by atoms with van der Waals surface area (Å²) >= 11 is 1.17. The number of carbonyl (C=O) groups is 2. The number of hydrogen-bond acceptors (Lipinski definition) is 6. The highest BCUT2D eigenvalue weighted by Crippen LogP contribution is 2.30. The summed E-state index contributed by atoms with van der Waals surface area (Å²) in [6.07, 6.45) is 4.48. The molecule has 9 heteroatoms. The number of aromatic nitrogens is 2. The van der Waals surface area contributed by atoms with Crippen molar-refractivity contribution in [1.82, 2.24) is 14.5 Å². The highest BCUT2D eigenvalue weighted by molar-refractivity contribution is 7.20. The van der Waals surface area contributed by atoms with Crippen LogP contribution in [-0.4, -0.2) is 45.5 Å². The molecule has 0 bridgehead atoms. The predicted octanol–water partition coefficient (Wildman–Crippen LogP) is 3.82. The number of amides is 2. The molecular weight excluding hydrogens is 440 g/mol. The summed E-state index contributed by atoms with van der Waals surface area (Å²) in [7, 11) is 0. The van der Waals surface area contributed by atoms with Gasteiger partial charge in [-0.15, -0.1) is 11.3 Å². The molecule has 0 spiro atoms. The van der Waals surface area contributed by atoms with Gasteiger partial charge in [0.25, 0.3) is 11.5 Å². The first-order chi connectivity index (χ1) is 15.9. The van der Waals surface area contributed by atoms with Crippen molar-refractivity contribution >= 4 is 39.1 Å². The Morgan fingerprint density at radius 3 is 2.82 bits per heavy atom. The Bertz CT molecular complexity index is 1250. The molecule has 1 aliphatic heterocycles. The van der Waals surface area contributed by atoms with Gasteiger partial charge in [-0.2, -0.15) is 0 Å². The molecule has 33 heavy (non-hydrogen) atoms. The summed E-state index contributed by atoms with van der Waals surface area (Å²) in [5.41, 5.74) is 0.820. The van der Waals surface area contributed by atoms with Crippen LogP contribution in [0.2, 0.25) is 0 Å². The van der Waals surface area contributed by atoms with Crippen molar-refractivity contribution in [3.05, 3.63) is 51.4 Å². The maximum absolute atomic E-state index is 13.2. The lowest BCUT2D eigenvalue weighted by atomic mass is 10.0. The van der Waals surface area contributed by atoms with Crippen molar-refractivity contribution in [3.8, 4) is 5.75 Å². The number of rotatable bonds is 6. The summed E-state index contributed by atoms with van der Waals surface area (Å²) in [6.45, 7) is 6.80. The second-order valence-electron chi connectivity index (χ2n) is 8.23. The van der Waals surface area contributed by atoms with Crippen LogP contribution in [0.4, 0.5) is 5.69 Å². The molecule has 0 aliphatic carbocycles. The maximum atomic E-state index is 13.2. The third-order valence-electron chi connectivity index (χ3n) is 5.99. The molecule has 1 saturated heterocycles. The maximum Gasteiger partial charge on any atom is 0.266 e. The van der Waals surface area contributed by atoms with Crippen LogP contribution >= 0.6 is 11.3 Å². The first kappa shape index (κ1) is 23.0. The van der Waals surface area contributed by atoms with E-state index in [1.54, 1.807) is 19.1 Å². The van der Waals surface area contributed by atoms with Crippen molar-refractivity contribution in [2.24, 2.45) is 0 Å². The van der Waals surface area contributed by atoms with Crippen LogP contribution in [0.15, 0.2) is 35.4 Å². The molecule has 1 atom stereocenters. The van der Waals surface area contributed by atoms with Gasteiger partial charge in [-0.05, 0) is 57.7 Å². The SMILES string of the molecule is CCOc1ccccc1NC(=O)c1sc2ncn(CC(=O)N3CCCCC3C)c(=O)c2c1C. The third-order valence-corrected chi connectivity index (χ3v) is 7.19. The fourth-order valence-corrected chi connectivity index (χ4v) is 5.26. The molecule has 2 amide bonds. The van der Waals surface area contributed by atoms with E-state index in [2.05, 4.69) is 10.3 Å². The van der Waals surface area contributed by atoms with Gasteiger partial charge in [0.1, 0.15) is 17.1 Å². The minimum absolute atomic E-state index is 0.0509. The Balaban J connectivity index is 1.60. The number of nitrogens with one attached hydrogen (secondary N) is 1. The fraction of sp³-hybridized carbons (Fsp3) is 0.417. The molecule has 2 aromatic heterocycles. The number of ether oxygens (including phenoxy) is 1. The number of nitrogens with zero attached hydrogens (tertiary/aromatic N) is 3. The van der Waals surface area contributed by atoms with Crippen molar-refractivity contribution in [3.63, 3.8) is 0 Å². The van der Waals surface area contributed by atoms with Gasteiger partial charge in [0, 0.05) is 12.6 Å². The monoisotopic (exact) mass is 468 g/mol. The number of piperidine rings is 1.